The van der Waals surface area contributed by atoms with Crippen LogP contribution >= 0.6 is 23.2 Å². The van der Waals surface area contributed by atoms with Gasteiger partial charge in [-0.1, -0.05) is 23.2 Å². The Morgan fingerprint density at radius 1 is 1.52 bits per heavy atom. The van der Waals surface area contributed by atoms with Crippen LogP contribution in [0.3, 0.4) is 0 Å². The highest BCUT2D eigenvalue weighted by atomic mass is 35.5. The minimum atomic E-state index is -4.87. The second kappa shape index (κ2) is 6.03. The zero-order valence-electron chi connectivity index (χ0n) is 12.1. The van der Waals surface area contributed by atoms with Gasteiger partial charge in [-0.2, -0.15) is 13.2 Å². The number of carbonyl (C=O) groups is 1. The van der Waals surface area contributed by atoms with Crippen molar-refractivity contribution in [3.05, 3.63) is 33.0 Å². The number of hydrogen-bond acceptors (Lipinski definition) is 3. The van der Waals surface area contributed by atoms with Gasteiger partial charge in [0.1, 0.15) is 0 Å². The lowest BCUT2D eigenvalue weighted by Crippen LogP contribution is -2.49. The smallest absolute Gasteiger partial charge is 0.419 e. The van der Waals surface area contributed by atoms with Crippen molar-refractivity contribution in [2.24, 2.45) is 0 Å². The molecule has 9 heteroatoms. The number of fused-ring (bicyclic) bond motifs is 1. The third-order valence-corrected chi connectivity index (χ3v) is 4.22. The zero-order chi connectivity index (χ0) is 17.6. The van der Waals surface area contributed by atoms with Gasteiger partial charge in [-0.25, -0.2) is 4.79 Å². The van der Waals surface area contributed by atoms with Gasteiger partial charge in [-0.3, -0.25) is 0 Å². The maximum Gasteiger partial charge on any atom is 0.419 e. The molecule has 128 valence electrons. The molecule has 1 heterocycles. The molecule has 0 spiro atoms. The van der Waals surface area contributed by atoms with Crippen LogP contribution in [0.2, 0.25) is 0 Å². The summed E-state index contributed by atoms with van der Waals surface area (Å²) in [7, 11) is 0. The number of halogens is 5. The van der Waals surface area contributed by atoms with Crippen molar-refractivity contribution in [3.63, 3.8) is 0 Å². The monoisotopic (exact) mass is 372 g/mol. The molecule has 2 unspecified atom stereocenters. The van der Waals surface area contributed by atoms with Crippen molar-refractivity contribution in [1.29, 1.82) is 0 Å². The summed E-state index contributed by atoms with van der Waals surface area (Å²) >= 11 is 12.2. The summed E-state index contributed by atoms with van der Waals surface area (Å²) in [5.74, 6) is -1.61. The van der Waals surface area contributed by atoms with Crippen LogP contribution < -0.4 is 0 Å². The van der Waals surface area contributed by atoms with E-state index in [0.717, 1.165) is 6.08 Å². The van der Waals surface area contributed by atoms with Crippen molar-refractivity contribution in [3.8, 4) is 0 Å². The molecule has 2 rings (SSSR count). The molecule has 1 aliphatic carbocycles. The topological polar surface area (TPSA) is 55.8 Å². The van der Waals surface area contributed by atoms with Crippen molar-refractivity contribution >= 4 is 29.2 Å². The van der Waals surface area contributed by atoms with Crippen LogP contribution in [0.1, 0.15) is 20.3 Å². The fraction of sp³-hybridized carbons (Fsp3) is 0.500. The summed E-state index contributed by atoms with van der Waals surface area (Å²) in [6.45, 7) is 3.31. The van der Waals surface area contributed by atoms with E-state index in [1.165, 1.54) is 6.92 Å². The van der Waals surface area contributed by atoms with Crippen molar-refractivity contribution in [1.82, 2.24) is 0 Å². The van der Waals surface area contributed by atoms with Crippen molar-refractivity contribution in [2.75, 3.05) is 6.61 Å². The largest absolute Gasteiger partial charge is 0.491 e. The number of aliphatic carboxylic acids is 1. The SMILES string of the molecule is CCOC1=C(Cl)CC2(C)OC(C(F)(F)F)C(C(=O)O)=CC2=C1Cl. The highest BCUT2D eigenvalue weighted by Gasteiger charge is 2.54. The number of allylic oxidation sites excluding steroid dienone is 1. The molecule has 23 heavy (non-hydrogen) atoms. The van der Waals surface area contributed by atoms with E-state index in [0.29, 0.717) is 0 Å². The van der Waals surface area contributed by atoms with Gasteiger partial charge in [0.05, 0.1) is 27.8 Å². The van der Waals surface area contributed by atoms with Gasteiger partial charge >= 0.3 is 12.1 Å². The molecule has 2 aliphatic rings. The molecule has 0 bridgehead atoms. The number of ether oxygens (including phenoxy) is 2. The third-order valence-electron chi connectivity index (χ3n) is 3.54. The Hall–Kier alpha value is -1.18. The molecule has 1 aliphatic heterocycles. The van der Waals surface area contributed by atoms with Crippen LogP contribution in [-0.4, -0.2) is 35.6 Å². The first kappa shape index (κ1) is 18.2. The summed E-state index contributed by atoms with van der Waals surface area (Å²) in [6.07, 6.45) is -6.64. The number of rotatable bonds is 3. The Kier molecular flexibility index (Phi) is 4.76. The molecular weight excluding hydrogens is 360 g/mol. The normalized spacial score (nSPS) is 28.5. The first-order valence-corrected chi connectivity index (χ1v) is 7.38. The Labute approximate surface area is 140 Å². The quantitative estimate of drug-likeness (QED) is 0.810. The van der Waals surface area contributed by atoms with Crippen LogP contribution in [0.15, 0.2) is 33.0 Å². The molecule has 2 atom stereocenters. The summed E-state index contributed by atoms with van der Waals surface area (Å²) < 4.78 is 49.8. The van der Waals surface area contributed by atoms with Crippen LogP contribution in [0.25, 0.3) is 0 Å². The number of hydrogen-bond donors (Lipinski definition) is 1. The highest BCUT2D eigenvalue weighted by molar-refractivity contribution is 6.36. The maximum absolute atomic E-state index is 13.1. The molecule has 0 amide bonds. The molecule has 0 saturated heterocycles. The number of carboxylic acids is 1. The predicted molar refractivity (Wildman–Crippen MR) is 77.1 cm³/mol. The maximum atomic E-state index is 13.1. The molecule has 0 saturated carbocycles. The molecule has 0 radical (unpaired) electrons. The van der Waals surface area contributed by atoms with Gasteiger partial charge in [0.15, 0.2) is 11.9 Å². The predicted octanol–water partition coefficient (Wildman–Crippen LogP) is 4.10. The zero-order valence-corrected chi connectivity index (χ0v) is 13.6. The summed E-state index contributed by atoms with van der Waals surface area (Å²) in [4.78, 5) is 11.2. The Morgan fingerprint density at radius 3 is 2.61 bits per heavy atom. The summed E-state index contributed by atoms with van der Waals surface area (Å²) in [6, 6.07) is 0. The summed E-state index contributed by atoms with van der Waals surface area (Å²) in [5, 5.41) is 9.14. The first-order valence-electron chi connectivity index (χ1n) is 6.62. The molecule has 0 aromatic heterocycles. The van der Waals surface area contributed by atoms with E-state index in [1.807, 2.05) is 0 Å². The molecule has 4 nitrogen and oxygen atoms in total. The number of alkyl halides is 3. The van der Waals surface area contributed by atoms with E-state index in [2.05, 4.69) is 0 Å². The second-order valence-corrected chi connectivity index (χ2v) is 6.08. The van der Waals surface area contributed by atoms with Crippen LogP contribution in [0.5, 0.6) is 0 Å². The lowest BCUT2D eigenvalue weighted by molar-refractivity contribution is -0.235. The fourth-order valence-corrected chi connectivity index (χ4v) is 3.40. The molecule has 1 N–H and O–H groups in total. The van der Waals surface area contributed by atoms with Crippen LogP contribution in [0.4, 0.5) is 13.2 Å². The lowest BCUT2D eigenvalue weighted by atomic mass is 9.82. The first-order chi connectivity index (χ1) is 10.5. The van der Waals surface area contributed by atoms with E-state index < -0.39 is 29.4 Å². The lowest BCUT2D eigenvalue weighted by Gasteiger charge is -2.42. The van der Waals surface area contributed by atoms with E-state index in [9.17, 15) is 18.0 Å². The van der Waals surface area contributed by atoms with Gasteiger partial charge in [0.25, 0.3) is 0 Å². The van der Waals surface area contributed by atoms with E-state index in [1.54, 1.807) is 6.92 Å². The molecule has 0 aromatic carbocycles. The average Bonchev–Trinajstić information content (AvgIpc) is 2.40. The van der Waals surface area contributed by atoms with Crippen LogP contribution in [0, 0.1) is 0 Å². The Morgan fingerprint density at radius 2 is 2.13 bits per heavy atom. The second-order valence-electron chi connectivity index (χ2n) is 5.25. The fourth-order valence-electron chi connectivity index (χ4n) is 2.52. The van der Waals surface area contributed by atoms with E-state index in [-0.39, 0.29) is 34.4 Å². The molecule has 0 aromatic rings. The van der Waals surface area contributed by atoms with Gasteiger partial charge in [-0.05, 0) is 19.9 Å². The highest BCUT2D eigenvalue weighted by Crippen LogP contribution is 2.49. The third kappa shape index (κ3) is 3.22. The Bertz CT molecular complexity index is 636. The van der Waals surface area contributed by atoms with Crippen molar-refractivity contribution < 1.29 is 32.5 Å². The van der Waals surface area contributed by atoms with Gasteiger partial charge < -0.3 is 14.6 Å². The van der Waals surface area contributed by atoms with Gasteiger partial charge in [-0.15, -0.1) is 0 Å². The van der Waals surface area contributed by atoms with E-state index >= 15 is 0 Å². The molecule has 0 fully saturated rings. The molecular formula is C14H13Cl2F3O4. The minimum Gasteiger partial charge on any atom is -0.491 e. The standard InChI is InChI=1S/C14H13Cl2F3O4/c1-3-22-10-8(15)5-13(2)7(9(10)16)4-6(12(20)21)11(23-13)14(17,18)19/h4,11H,3,5H2,1-2H3,(H,20,21). The summed E-state index contributed by atoms with van der Waals surface area (Å²) in [5.41, 5.74) is -2.32. The van der Waals surface area contributed by atoms with Gasteiger partial charge in [0.2, 0.25) is 0 Å². The minimum absolute atomic E-state index is 0.0509. The van der Waals surface area contributed by atoms with Gasteiger partial charge in [0, 0.05) is 12.0 Å². The van der Waals surface area contributed by atoms with E-state index in [4.69, 9.17) is 37.8 Å². The van der Waals surface area contributed by atoms with Crippen molar-refractivity contribution in [2.45, 2.75) is 38.1 Å². The average molecular weight is 373 g/mol. The van der Waals surface area contributed by atoms with Crippen LogP contribution in [-0.2, 0) is 14.3 Å². The Balaban J connectivity index is 2.63. The number of carboxylic acid groups (broad SMARTS) is 1.